The van der Waals surface area contributed by atoms with Crippen molar-refractivity contribution in [1.82, 2.24) is 4.57 Å². The van der Waals surface area contributed by atoms with Crippen LogP contribution >= 0.6 is 0 Å². The molecule has 0 unspecified atom stereocenters. The van der Waals surface area contributed by atoms with Crippen molar-refractivity contribution in [3.8, 4) is 39.1 Å². The third-order valence-corrected chi connectivity index (χ3v) is 12.2. The Kier molecular flexibility index (Phi) is 8.17. The summed E-state index contributed by atoms with van der Waals surface area (Å²) in [5.41, 5.74) is 15.6. The fourth-order valence-corrected chi connectivity index (χ4v) is 9.35. The second kappa shape index (κ2) is 14.3. The van der Waals surface area contributed by atoms with Crippen LogP contribution in [-0.2, 0) is 0 Å². The molecule has 0 N–H and O–H groups in total. The molecule has 0 saturated heterocycles. The van der Waals surface area contributed by atoms with Gasteiger partial charge in [-0.3, -0.25) is 0 Å². The minimum absolute atomic E-state index is 0.909. The summed E-state index contributed by atoms with van der Waals surface area (Å²) in [6.45, 7) is 0. The lowest BCUT2D eigenvalue weighted by molar-refractivity contribution is 0.669. The molecule has 2 heterocycles. The van der Waals surface area contributed by atoms with E-state index in [-0.39, 0.29) is 0 Å². The standard InChI is InChI=1S/C58H38N2O/c1-2-16-48-41(12-1)13-9-20-49(48)42-32-36-45(37-33-42)59(46-14-10-15-47(38-46)60-54-22-6-3-17-51(54)52-18-4-7-23-55(52)60)44-34-30-40(31-35-44)39-26-28-43(29-27-39)50-21-11-25-57-58(50)53-19-5-8-24-56(53)61-57/h1-38H. The maximum atomic E-state index is 6.20. The summed E-state index contributed by atoms with van der Waals surface area (Å²) < 4.78 is 8.58. The maximum absolute atomic E-state index is 6.20. The van der Waals surface area contributed by atoms with Gasteiger partial charge in [0.15, 0.2) is 0 Å². The van der Waals surface area contributed by atoms with Crippen molar-refractivity contribution in [3.05, 3.63) is 231 Å². The Morgan fingerprint density at radius 2 is 0.820 bits per heavy atom. The number of aromatic nitrogens is 1. The SMILES string of the molecule is c1cc(N(c2ccc(-c3ccc(-c4cccc5oc6ccccc6c45)cc3)cc2)c2ccc(-c3cccc4ccccc34)cc2)cc(-n2c3ccccc3c3ccccc32)c1. The third-order valence-electron chi connectivity index (χ3n) is 12.2. The van der Waals surface area contributed by atoms with Gasteiger partial charge >= 0.3 is 0 Å². The molecule has 0 bridgehead atoms. The van der Waals surface area contributed by atoms with Crippen molar-refractivity contribution in [1.29, 1.82) is 0 Å². The van der Waals surface area contributed by atoms with Gasteiger partial charge in [0.1, 0.15) is 11.2 Å². The largest absolute Gasteiger partial charge is 0.456 e. The van der Waals surface area contributed by atoms with Crippen molar-refractivity contribution < 1.29 is 4.42 Å². The zero-order valence-corrected chi connectivity index (χ0v) is 33.2. The number of anilines is 3. The topological polar surface area (TPSA) is 21.3 Å². The summed E-state index contributed by atoms with van der Waals surface area (Å²) >= 11 is 0. The second-order valence-electron chi connectivity index (χ2n) is 15.7. The first-order valence-electron chi connectivity index (χ1n) is 20.8. The highest BCUT2D eigenvalue weighted by molar-refractivity contribution is 6.12. The molecule has 12 rings (SSSR count). The molecule has 0 aliphatic rings. The molecule has 2 aromatic heterocycles. The molecule has 12 aromatic rings. The van der Waals surface area contributed by atoms with E-state index in [2.05, 4.69) is 228 Å². The first-order valence-corrected chi connectivity index (χ1v) is 20.8. The van der Waals surface area contributed by atoms with E-state index >= 15 is 0 Å². The van der Waals surface area contributed by atoms with Crippen molar-refractivity contribution in [2.45, 2.75) is 0 Å². The van der Waals surface area contributed by atoms with Crippen LogP contribution in [0, 0.1) is 0 Å². The molecular formula is C58H38N2O. The molecule has 0 aliphatic heterocycles. The van der Waals surface area contributed by atoms with Crippen LogP contribution in [0.2, 0.25) is 0 Å². The van der Waals surface area contributed by atoms with Gasteiger partial charge in [-0.25, -0.2) is 0 Å². The van der Waals surface area contributed by atoms with Gasteiger partial charge in [0.25, 0.3) is 0 Å². The van der Waals surface area contributed by atoms with Gasteiger partial charge in [-0.05, 0) is 111 Å². The van der Waals surface area contributed by atoms with E-state index in [0.29, 0.717) is 0 Å². The van der Waals surface area contributed by atoms with E-state index in [1.165, 1.54) is 60.4 Å². The summed E-state index contributed by atoms with van der Waals surface area (Å²) in [4.78, 5) is 2.37. The lowest BCUT2D eigenvalue weighted by Gasteiger charge is -2.27. The van der Waals surface area contributed by atoms with Crippen LogP contribution < -0.4 is 4.90 Å². The quantitative estimate of drug-likeness (QED) is 0.161. The first kappa shape index (κ1) is 34.9. The van der Waals surface area contributed by atoms with Crippen LogP contribution in [0.25, 0.3) is 93.6 Å². The van der Waals surface area contributed by atoms with Crippen molar-refractivity contribution in [3.63, 3.8) is 0 Å². The van der Waals surface area contributed by atoms with E-state index in [1.54, 1.807) is 0 Å². The molecule has 0 aliphatic carbocycles. The van der Waals surface area contributed by atoms with Gasteiger partial charge in [-0.15, -0.1) is 0 Å². The Hall–Kier alpha value is -8.14. The predicted molar refractivity (Wildman–Crippen MR) is 257 cm³/mol. The van der Waals surface area contributed by atoms with Gasteiger partial charge in [0.05, 0.1) is 11.0 Å². The van der Waals surface area contributed by atoms with Gasteiger partial charge in [0, 0.05) is 44.3 Å². The number of benzene rings is 10. The summed E-state index contributed by atoms with van der Waals surface area (Å²) in [5.74, 6) is 0. The molecule has 0 radical (unpaired) electrons. The van der Waals surface area contributed by atoms with Crippen LogP contribution in [0.1, 0.15) is 0 Å². The highest BCUT2D eigenvalue weighted by Gasteiger charge is 2.18. The number of para-hydroxylation sites is 3. The molecule has 3 heteroatoms. The van der Waals surface area contributed by atoms with Crippen LogP contribution in [0.4, 0.5) is 17.1 Å². The zero-order chi connectivity index (χ0) is 40.3. The van der Waals surface area contributed by atoms with Crippen LogP contribution in [0.5, 0.6) is 0 Å². The number of fused-ring (bicyclic) bond motifs is 7. The van der Waals surface area contributed by atoms with Crippen LogP contribution in [0.3, 0.4) is 0 Å². The summed E-state index contributed by atoms with van der Waals surface area (Å²) in [6, 6.07) is 82.9. The Morgan fingerprint density at radius 3 is 1.54 bits per heavy atom. The minimum Gasteiger partial charge on any atom is -0.456 e. The van der Waals surface area contributed by atoms with Gasteiger partial charge in [0.2, 0.25) is 0 Å². The molecule has 0 atom stereocenters. The highest BCUT2D eigenvalue weighted by atomic mass is 16.3. The Balaban J connectivity index is 0.940. The average molecular weight is 779 g/mol. The van der Waals surface area contributed by atoms with E-state index in [4.69, 9.17) is 4.42 Å². The molecule has 0 spiro atoms. The Labute approximate surface area is 353 Å². The Bertz CT molecular complexity index is 3520. The number of hydrogen-bond donors (Lipinski definition) is 0. The number of furan rings is 1. The second-order valence-corrected chi connectivity index (χ2v) is 15.7. The summed E-state index contributed by atoms with van der Waals surface area (Å²) in [6.07, 6.45) is 0. The lowest BCUT2D eigenvalue weighted by Crippen LogP contribution is -2.10. The highest BCUT2D eigenvalue weighted by Crippen LogP contribution is 2.41. The average Bonchev–Trinajstić information content (AvgIpc) is 3.88. The molecule has 0 saturated carbocycles. The fourth-order valence-electron chi connectivity index (χ4n) is 9.35. The first-order chi connectivity index (χ1) is 30.2. The van der Waals surface area contributed by atoms with Crippen molar-refractivity contribution in [2.24, 2.45) is 0 Å². The summed E-state index contributed by atoms with van der Waals surface area (Å²) in [7, 11) is 0. The lowest BCUT2D eigenvalue weighted by atomic mass is 9.97. The molecule has 0 amide bonds. The zero-order valence-electron chi connectivity index (χ0n) is 33.2. The molecule has 61 heavy (non-hydrogen) atoms. The van der Waals surface area contributed by atoms with Gasteiger partial charge < -0.3 is 13.9 Å². The monoisotopic (exact) mass is 778 g/mol. The molecule has 3 nitrogen and oxygen atoms in total. The Morgan fingerprint density at radius 1 is 0.328 bits per heavy atom. The molecular weight excluding hydrogens is 741 g/mol. The van der Waals surface area contributed by atoms with Crippen molar-refractivity contribution >= 4 is 71.6 Å². The third kappa shape index (κ3) is 5.90. The molecule has 286 valence electrons. The minimum atomic E-state index is 0.909. The van der Waals surface area contributed by atoms with E-state index < -0.39 is 0 Å². The van der Waals surface area contributed by atoms with Crippen molar-refractivity contribution in [2.75, 3.05) is 4.90 Å². The van der Waals surface area contributed by atoms with Crippen LogP contribution in [0.15, 0.2) is 235 Å². The van der Waals surface area contributed by atoms with E-state index in [9.17, 15) is 0 Å². The number of rotatable bonds is 7. The van der Waals surface area contributed by atoms with E-state index in [1.807, 2.05) is 12.1 Å². The normalized spacial score (nSPS) is 11.6. The van der Waals surface area contributed by atoms with Gasteiger partial charge in [-0.2, -0.15) is 0 Å². The maximum Gasteiger partial charge on any atom is 0.136 e. The molecule has 0 fully saturated rings. The predicted octanol–water partition coefficient (Wildman–Crippen LogP) is 16.3. The fraction of sp³-hybridized carbons (Fsp3) is 0. The smallest absolute Gasteiger partial charge is 0.136 e. The molecule has 10 aromatic carbocycles. The summed E-state index contributed by atoms with van der Waals surface area (Å²) in [5, 5.41) is 7.29. The van der Waals surface area contributed by atoms with Gasteiger partial charge in [-0.1, -0.05) is 164 Å². The van der Waals surface area contributed by atoms with E-state index in [0.717, 1.165) is 50.3 Å². The number of hydrogen-bond acceptors (Lipinski definition) is 2. The van der Waals surface area contributed by atoms with Crippen LogP contribution in [-0.4, -0.2) is 4.57 Å². The number of nitrogens with zero attached hydrogens (tertiary/aromatic N) is 2.